The summed E-state index contributed by atoms with van der Waals surface area (Å²) in [7, 11) is 1.51. The molecule has 4 aliphatic rings. The van der Waals surface area contributed by atoms with Crippen molar-refractivity contribution in [1.29, 1.82) is 0 Å². The van der Waals surface area contributed by atoms with Crippen molar-refractivity contribution >= 4 is 11.8 Å². The largest absolute Gasteiger partial charge is 0.375 e. The summed E-state index contributed by atoms with van der Waals surface area (Å²) in [6, 6.07) is 6.29. The van der Waals surface area contributed by atoms with Crippen LogP contribution in [0.15, 0.2) is 24.3 Å². The molecule has 1 aromatic carbocycles. The van der Waals surface area contributed by atoms with Crippen molar-refractivity contribution in [2.24, 2.45) is 29.6 Å². The fraction of sp³-hybridized carbons (Fsp3) is 0.619. The van der Waals surface area contributed by atoms with E-state index in [0.717, 1.165) is 18.7 Å². The average molecular weight is 387 g/mol. The molecule has 0 radical (unpaired) electrons. The van der Waals surface area contributed by atoms with Crippen LogP contribution < -0.4 is 5.32 Å². The summed E-state index contributed by atoms with van der Waals surface area (Å²) < 4.78 is 18.9. The first kappa shape index (κ1) is 18.1. The van der Waals surface area contributed by atoms with Crippen LogP contribution >= 0.6 is 0 Å². The summed E-state index contributed by atoms with van der Waals surface area (Å²) in [6.45, 7) is 3.85. The molecule has 6 nitrogen and oxygen atoms in total. The quantitative estimate of drug-likeness (QED) is 0.834. The van der Waals surface area contributed by atoms with E-state index in [1.165, 1.54) is 19.2 Å². The predicted molar refractivity (Wildman–Crippen MR) is 99.6 cm³/mol. The minimum Gasteiger partial charge on any atom is -0.375 e. The molecule has 6 atom stereocenters. The summed E-state index contributed by atoms with van der Waals surface area (Å²) in [5.41, 5.74) is 0.804. The van der Waals surface area contributed by atoms with Crippen LogP contribution in [-0.4, -0.2) is 68.1 Å². The zero-order chi connectivity index (χ0) is 19.4. The van der Waals surface area contributed by atoms with Gasteiger partial charge in [0.15, 0.2) is 0 Å². The van der Waals surface area contributed by atoms with Gasteiger partial charge in [0.2, 0.25) is 11.8 Å². The van der Waals surface area contributed by atoms with Gasteiger partial charge >= 0.3 is 0 Å². The Bertz CT molecular complexity index is 793. The minimum absolute atomic E-state index is 0.0202. The highest BCUT2D eigenvalue weighted by atomic mass is 19.1. The van der Waals surface area contributed by atoms with Gasteiger partial charge in [0, 0.05) is 44.5 Å². The van der Waals surface area contributed by atoms with E-state index in [9.17, 15) is 14.0 Å². The highest BCUT2D eigenvalue weighted by Crippen LogP contribution is 2.51. The van der Waals surface area contributed by atoms with Crippen molar-refractivity contribution in [3.63, 3.8) is 0 Å². The van der Waals surface area contributed by atoms with E-state index in [0.29, 0.717) is 31.5 Å². The van der Waals surface area contributed by atoms with Crippen LogP contribution in [0.3, 0.4) is 0 Å². The monoisotopic (exact) mass is 387 g/mol. The molecule has 28 heavy (non-hydrogen) atoms. The van der Waals surface area contributed by atoms with Gasteiger partial charge in [-0.1, -0.05) is 12.1 Å². The molecule has 3 aliphatic heterocycles. The third-order valence-electron chi connectivity index (χ3n) is 7.13. The molecule has 1 aliphatic carbocycles. The van der Waals surface area contributed by atoms with Crippen molar-refractivity contribution in [2.45, 2.75) is 6.04 Å². The SMILES string of the molecule is COCC(=O)N1C[C@H]2CN(C(=O)C3[C@H]4CNC[C@@H]34)C[C@H]2[C@@H]1c1cccc(F)c1. The van der Waals surface area contributed by atoms with Crippen LogP contribution in [0.2, 0.25) is 0 Å². The third-order valence-corrected chi connectivity index (χ3v) is 7.13. The lowest BCUT2D eigenvalue weighted by Crippen LogP contribution is -2.40. The Morgan fingerprint density at radius 2 is 1.96 bits per heavy atom. The number of hydrogen-bond donors (Lipinski definition) is 1. The standard InChI is InChI=1S/C21H26FN3O3/c1-28-11-18(26)25-9-13-8-24(21(27)19-15-6-23-7-16(15)19)10-17(13)20(25)12-3-2-4-14(22)5-12/h2-5,13,15-17,19-20,23H,6-11H2,1H3/t13-,15-,16+,17-,19?,20+/m1/s1. The lowest BCUT2D eigenvalue weighted by atomic mass is 9.89. The summed E-state index contributed by atoms with van der Waals surface area (Å²) in [4.78, 5) is 29.5. The highest BCUT2D eigenvalue weighted by molar-refractivity contribution is 5.83. The number of nitrogens with zero attached hydrogens (tertiary/aromatic N) is 2. The fourth-order valence-corrected chi connectivity index (χ4v) is 5.80. The second kappa shape index (κ2) is 6.81. The second-order valence-corrected chi connectivity index (χ2v) is 8.66. The lowest BCUT2D eigenvalue weighted by Gasteiger charge is -2.30. The molecule has 5 rings (SSSR count). The van der Waals surface area contributed by atoms with E-state index in [-0.39, 0.29) is 48.0 Å². The maximum atomic E-state index is 13.9. The van der Waals surface area contributed by atoms with Gasteiger partial charge in [-0.05, 0) is 42.6 Å². The Morgan fingerprint density at radius 1 is 1.18 bits per heavy atom. The molecule has 1 saturated carbocycles. The Hall–Kier alpha value is -1.99. The first-order valence-corrected chi connectivity index (χ1v) is 10.1. The first-order valence-electron chi connectivity index (χ1n) is 10.1. The number of ether oxygens (including phenoxy) is 1. The number of fused-ring (bicyclic) bond motifs is 2. The van der Waals surface area contributed by atoms with Crippen molar-refractivity contribution in [3.05, 3.63) is 35.6 Å². The van der Waals surface area contributed by atoms with Gasteiger partial charge in [-0.15, -0.1) is 0 Å². The molecule has 3 saturated heterocycles. The Morgan fingerprint density at radius 3 is 2.68 bits per heavy atom. The molecular weight excluding hydrogens is 361 g/mol. The fourth-order valence-electron chi connectivity index (χ4n) is 5.80. The van der Waals surface area contributed by atoms with Crippen LogP contribution in [-0.2, 0) is 14.3 Å². The molecule has 1 unspecified atom stereocenters. The molecule has 0 spiro atoms. The van der Waals surface area contributed by atoms with E-state index in [2.05, 4.69) is 5.32 Å². The second-order valence-electron chi connectivity index (χ2n) is 8.66. The molecule has 1 aromatic rings. The van der Waals surface area contributed by atoms with Crippen LogP contribution in [0.4, 0.5) is 4.39 Å². The van der Waals surface area contributed by atoms with E-state index in [1.54, 1.807) is 6.07 Å². The topological polar surface area (TPSA) is 61.9 Å². The van der Waals surface area contributed by atoms with Crippen molar-refractivity contribution in [1.82, 2.24) is 15.1 Å². The summed E-state index contributed by atoms with van der Waals surface area (Å²) in [5, 5.41) is 3.34. The van der Waals surface area contributed by atoms with Crippen LogP contribution in [0.1, 0.15) is 11.6 Å². The Labute approximate surface area is 164 Å². The maximum absolute atomic E-state index is 13.9. The number of rotatable bonds is 4. The molecule has 150 valence electrons. The smallest absolute Gasteiger partial charge is 0.249 e. The van der Waals surface area contributed by atoms with Crippen LogP contribution in [0, 0.1) is 35.4 Å². The van der Waals surface area contributed by atoms with Crippen LogP contribution in [0.25, 0.3) is 0 Å². The van der Waals surface area contributed by atoms with Crippen molar-refractivity contribution in [3.8, 4) is 0 Å². The van der Waals surface area contributed by atoms with E-state index >= 15 is 0 Å². The molecule has 0 bridgehead atoms. The number of hydrogen-bond acceptors (Lipinski definition) is 4. The molecule has 7 heteroatoms. The van der Waals surface area contributed by atoms with Gasteiger partial charge in [-0.3, -0.25) is 9.59 Å². The maximum Gasteiger partial charge on any atom is 0.249 e. The number of amides is 2. The summed E-state index contributed by atoms with van der Waals surface area (Å²) in [5.74, 6) is 1.46. The van der Waals surface area contributed by atoms with Gasteiger partial charge < -0.3 is 19.9 Å². The van der Waals surface area contributed by atoms with Gasteiger partial charge in [0.25, 0.3) is 0 Å². The highest BCUT2D eigenvalue weighted by Gasteiger charge is 2.59. The molecule has 3 heterocycles. The van der Waals surface area contributed by atoms with Crippen molar-refractivity contribution in [2.75, 3.05) is 46.4 Å². The lowest BCUT2D eigenvalue weighted by molar-refractivity contribution is -0.137. The predicted octanol–water partition coefficient (Wildman–Crippen LogP) is 0.895. The van der Waals surface area contributed by atoms with Gasteiger partial charge in [-0.2, -0.15) is 0 Å². The minimum atomic E-state index is -0.302. The number of nitrogens with one attached hydrogen (secondary N) is 1. The normalized spacial score (nSPS) is 35.8. The van der Waals surface area contributed by atoms with E-state index in [4.69, 9.17) is 4.74 Å². The zero-order valence-electron chi connectivity index (χ0n) is 16.0. The Kier molecular flexibility index (Phi) is 4.39. The summed E-state index contributed by atoms with van der Waals surface area (Å²) in [6.07, 6.45) is 0. The number of carbonyl (C=O) groups is 2. The van der Waals surface area contributed by atoms with Gasteiger partial charge in [-0.25, -0.2) is 4.39 Å². The number of methoxy groups -OCH3 is 1. The molecule has 4 fully saturated rings. The van der Waals surface area contributed by atoms with Crippen molar-refractivity contribution < 1.29 is 18.7 Å². The summed E-state index contributed by atoms with van der Waals surface area (Å²) >= 11 is 0. The van der Waals surface area contributed by atoms with Crippen LogP contribution in [0.5, 0.6) is 0 Å². The molecule has 1 N–H and O–H groups in total. The van der Waals surface area contributed by atoms with E-state index < -0.39 is 0 Å². The average Bonchev–Trinajstić information content (AvgIpc) is 3.04. The Balaban J connectivity index is 1.37. The zero-order valence-corrected chi connectivity index (χ0v) is 16.0. The van der Waals surface area contributed by atoms with E-state index in [1.807, 2.05) is 15.9 Å². The van der Waals surface area contributed by atoms with Gasteiger partial charge in [0.1, 0.15) is 12.4 Å². The third kappa shape index (κ3) is 2.83. The molecule has 0 aromatic heterocycles. The number of carbonyl (C=O) groups excluding carboxylic acids is 2. The number of halogens is 1. The van der Waals surface area contributed by atoms with Gasteiger partial charge in [0.05, 0.1) is 6.04 Å². The first-order chi connectivity index (χ1) is 13.6. The molecule has 2 amide bonds. The number of piperidine rings is 1. The molecular formula is C21H26FN3O3. The number of likely N-dealkylation sites (tertiary alicyclic amines) is 2. The number of benzene rings is 1.